The van der Waals surface area contributed by atoms with Crippen molar-refractivity contribution in [3.63, 3.8) is 0 Å². The number of ether oxygens (including phenoxy) is 1. The van der Waals surface area contributed by atoms with Gasteiger partial charge in [-0.3, -0.25) is 4.99 Å². The van der Waals surface area contributed by atoms with Crippen molar-refractivity contribution in [3.05, 3.63) is 59.7 Å². The van der Waals surface area contributed by atoms with Gasteiger partial charge in [-0.05, 0) is 56.0 Å². The van der Waals surface area contributed by atoms with Crippen molar-refractivity contribution in [2.45, 2.75) is 33.3 Å². The van der Waals surface area contributed by atoms with Crippen molar-refractivity contribution in [2.24, 2.45) is 4.99 Å². The van der Waals surface area contributed by atoms with Gasteiger partial charge in [0.05, 0.1) is 6.26 Å². The van der Waals surface area contributed by atoms with Gasteiger partial charge in [0.25, 0.3) is 0 Å². The number of aryl methyl sites for hydroxylation is 1. The van der Waals surface area contributed by atoms with Crippen molar-refractivity contribution in [1.82, 2.24) is 15.6 Å². The second-order valence-electron chi connectivity index (χ2n) is 6.73. The van der Waals surface area contributed by atoms with E-state index in [1.165, 1.54) is 22.0 Å². The summed E-state index contributed by atoms with van der Waals surface area (Å²) in [6.45, 7) is 7.81. The normalized spacial score (nSPS) is 11.4. The summed E-state index contributed by atoms with van der Waals surface area (Å²) in [5.41, 5.74) is 3.84. The first-order chi connectivity index (χ1) is 13.8. The molecule has 0 bridgehead atoms. The van der Waals surface area contributed by atoms with Crippen LogP contribution in [-0.4, -0.2) is 37.2 Å². The van der Waals surface area contributed by atoms with Gasteiger partial charge < -0.3 is 24.8 Å². The lowest BCUT2D eigenvalue weighted by Gasteiger charge is -2.11. The summed E-state index contributed by atoms with van der Waals surface area (Å²) in [6.07, 6.45) is 5.59. The fraction of sp³-hybridized carbons (Fsp3) is 0.409. The highest BCUT2D eigenvalue weighted by Crippen LogP contribution is 2.22. The molecular weight excluding hydrogens is 479 g/mol. The monoisotopic (exact) mass is 510 g/mol. The van der Waals surface area contributed by atoms with E-state index in [0.717, 1.165) is 44.2 Å². The predicted molar refractivity (Wildman–Crippen MR) is 129 cm³/mol. The van der Waals surface area contributed by atoms with E-state index in [-0.39, 0.29) is 24.0 Å². The number of fused-ring (bicyclic) bond motifs is 1. The minimum Gasteiger partial charge on any atom is -0.467 e. The van der Waals surface area contributed by atoms with Crippen LogP contribution in [0.5, 0.6) is 0 Å². The lowest BCUT2D eigenvalue weighted by atomic mass is 10.1. The second-order valence-corrected chi connectivity index (χ2v) is 6.73. The molecule has 7 heteroatoms. The van der Waals surface area contributed by atoms with Gasteiger partial charge in [-0.1, -0.05) is 12.1 Å². The maximum Gasteiger partial charge on any atom is 0.191 e. The van der Waals surface area contributed by atoms with Crippen molar-refractivity contribution in [3.8, 4) is 0 Å². The van der Waals surface area contributed by atoms with Crippen LogP contribution in [0.2, 0.25) is 0 Å². The zero-order chi connectivity index (χ0) is 19.6. The van der Waals surface area contributed by atoms with Gasteiger partial charge in [-0.15, -0.1) is 24.0 Å². The molecule has 3 rings (SSSR count). The van der Waals surface area contributed by atoms with Crippen LogP contribution in [0.3, 0.4) is 0 Å². The summed E-state index contributed by atoms with van der Waals surface area (Å²) in [6, 6.07) is 10.2. The quantitative estimate of drug-likeness (QED) is 0.164. The molecule has 0 radical (unpaired) electrons. The van der Waals surface area contributed by atoms with E-state index < -0.39 is 0 Å². The number of furan rings is 1. The van der Waals surface area contributed by atoms with Crippen LogP contribution in [0.4, 0.5) is 0 Å². The van der Waals surface area contributed by atoms with Gasteiger partial charge in [0.2, 0.25) is 0 Å². The first-order valence-electron chi connectivity index (χ1n) is 9.96. The van der Waals surface area contributed by atoms with E-state index in [2.05, 4.69) is 58.9 Å². The van der Waals surface area contributed by atoms with Crippen molar-refractivity contribution < 1.29 is 9.15 Å². The van der Waals surface area contributed by atoms with Gasteiger partial charge in [0.1, 0.15) is 12.4 Å². The van der Waals surface area contributed by atoms with Crippen LogP contribution in [0.15, 0.2) is 52.2 Å². The average Bonchev–Trinajstić information content (AvgIpc) is 3.35. The summed E-state index contributed by atoms with van der Waals surface area (Å²) < 4.78 is 10.8. The van der Waals surface area contributed by atoms with E-state index in [4.69, 9.17) is 9.15 Å². The molecule has 0 saturated carbocycles. The number of hydrogen-bond donors (Lipinski definition) is 3. The van der Waals surface area contributed by atoms with E-state index >= 15 is 0 Å². The molecule has 29 heavy (non-hydrogen) atoms. The standard InChI is InChI=1S/C22H30N4O2.HI/c1-3-23-22(24-11-6-13-27-16-19-8-5-14-28-19)25-12-10-18-15-26-20-9-4-7-17(2)21(18)20;/h4-5,7-9,14-15,26H,3,6,10-13,16H2,1-2H3,(H2,23,24,25);1H. The molecule has 3 N–H and O–H groups in total. The molecule has 3 aromatic rings. The highest BCUT2D eigenvalue weighted by molar-refractivity contribution is 14.0. The molecule has 2 aromatic heterocycles. The first-order valence-corrected chi connectivity index (χ1v) is 9.96. The third-order valence-electron chi connectivity index (χ3n) is 4.57. The van der Waals surface area contributed by atoms with Crippen LogP contribution in [-0.2, 0) is 17.8 Å². The van der Waals surface area contributed by atoms with Crippen LogP contribution in [0, 0.1) is 6.92 Å². The molecule has 0 aliphatic rings. The number of hydrogen-bond acceptors (Lipinski definition) is 3. The van der Waals surface area contributed by atoms with Gasteiger partial charge in [0.15, 0.2) is 5.96 Å². The Bertz CT molecular complexity index is 874. The van der Waals surface area contributed by atoms with Gasteiger partial charge in [-0.2, -0.15) is 0 Å². The lowest BCUT2D eigenvalue weighted by molar-refractivity contribution is 0.105. The molecule has 0 fully saturated rings. The number of aliphatic imine (C=N–C) groups is 1. The number of guanidine groups is 1. The summed E-state index contributed by atoms with van der Waals surface area (Å²) in [5.74, 6) is 1.70. The molecule has 0 saturated heterocycles. The molecule has 0 amide bonds. The fourth-order valence-corrected chi connectivity index (χ4v) is 3.23. The summed E-state index contributed by atoms with van der Waals surface area (Å²) >= 11 is 0. The Morgan fingerprint density at radius 3 is 2.90 bits per heavy atom. The van der Waals surface area contributed by atoms with Crippen molar-refractivity contribution in [2.75, 3.05) is 26.2 Å². The second kappa shape index (κ2) is 12.5. The van der Waals surface area contributed by atoms with Gasteiger partial charge in [0, 0.05) is 43.3 Å². The maximum atomic E-state index is 5.59. The number of rotatable bonds is 10. The molecule has 2 heterocycles. The Labute approximate surface area is 189 Å². The van der Waals surface area contributed by atoms with E-state index in [9.17, 15) is 0 Å². The summed E-state index contributed by atoms with van der Waals surface area (Å²) in [7, 11) is 0. The first kappa shape index (κ1) is 23.3. The molecule has 0 aliphatic carbocycles. The van der Waals surface area contributed by atoms with E-state index in [1.807, 2.05) is 12.1 Å². The SMILES string of the molecule is CCNC(=NCCCOCc1ccco1)NCCc1c[nH]c2cccc(C)c12.I. The van der Waals surface area contributed by atoms with Crippen molar-refractivity contribution >= 4 is 40.8 Å². The van der Waals surface area contributed by atoms with Gasteiger partial charge in [-0.25, -0.2) is 0 Å². The van der Waals surface area contributed by atoms with Crippen LogP contribution >= 0.6 is 24.0 Å². The van der Waals surface area contributed by atoms with E-state index in [0.29, 0.717) is 13.2 Å². The Morgan fingerprint density at radius 1 is 1.21 bits per heavy atom. The molecule has 0 atom stereocenters. The van der Waals surface area contributed by atoms with Gasteiger partial charge >= 0.3 is 0 Å². The largest absolute Gasteiger partial charge is 0.467 e. The average molecular weight is 510 g/mol. The van der Waals surface area contributed by atoms with Crippen LogP contribution < -0.4 is 10.6 Å². The molecule has 158 valence electrons. The van der Waals surface area contributed by atoms with Crippen LogP contribution in [0.1, 0.15) is 30.2 Å². The molecule has 0 unspecified atom stereocenters. The predicted octanol–water partition coefficient (Wildman–Crippen LogP) is 4.39. The minimum atomic E-state index is 0. The highest BCUT2D eigenvalue weighted by atomic mass is 127. The number of nitrogens with one attached hydrogen (secondary N) is 3. The third-order valence-corrected chi connectivity index (χ3v) is 4.57. The zero-order valence-corrected chi connectivity index (χ0v) is 19.5. The number of aromatic amines is 1. The number of halogens is 1. The zero-order valence-electron chi connectivity index (χ0n) is 17.2. The number of aromatic nitrogens is 1. The maximum absolute atomic E-state index is 5.59. The van der Waals surface area contributed by atoms with Crippen molar-refractivity contribution in [1.29, 1.82) is 0 Å². The molecule has 0 spiro atoms. The number of nitrogens with zero attached hydrogens (tertiary/aromatic N) is 1. The molecule has 1 aromatic carbocycles. The Morgan fingerprint density at radius 2 is 2.10 bits per heavy atom. The van der Waals surface area contributed by atoms with Crippen LogP contribution in [0.25, 0.3) is 10.9 Å². The fourth-order valence-electron chi connectivity index (χ4n) is 3.23. The summed E-state index contributed by atoms with van der Waals surface area (Å²) in [5, 5.41) is 8.06. The third kappa shape index (κ3) is 7.08. The highest BCUT2D eigenvalue weighted by Gasteiger charge is 2.06. The topological polar surface area (TPSA) is 74.6 Å². The lowest BCUT2D eigenvalue weighted by Crippen LogP contribution is -2.38. The smallest absolute Gasteiger partial charge is 0.191 e. The van der Waals surface area contributed by atoms with E-state index in [1.54, 1.807) is 6.26 Å². The Hall–Kier alpha value is -2.00. The molecular formula is C22H31IN4O2. The Balaban J connectivity index is 0.00000300. The minimum absolute atomic E-state index is 0. The molecule has 0 aliphatic heterocycles. The molecule has 6 nitrogen and oxygen atoms in total. The number of H-pyrrole nitrogens is 1. The number of benzene rings is 1. The summed E-state index contributed by atoms with van der Waals surface area (Å²) in [4.78, 5) is 7.99. The Kier molecular flexibility index (Phi) is 10.1.